The quantitative estimate of drug-likeness (QED) is 0.0861. The van der Waals surface area contributed by atoms with E-state index in [0.29, 0.717) is 63.6 Å². The lowest BCUT2D eigenvalue weighted by Crippen LogP contribution is -2.39. The Kier molecular flexibility index (Phi) is 13.4. The molecule has 1 aromatic heterocycles. The minimum atomic E-state index is -0.281. The number of nitrogens with two attached hydrogens (primary N) is 1. The van der Waals surface area contributed by atoms with Crippen LogP contribution in [0.15, 0.2) is 46.5 Å². The lowest BCUT2D eigenvalue weighted by atomic mass is 10.0. The summed E-state index contributed by atoms with van der Waals surface area (Å²) in [5.41, 5.74) is 1.93. The van der Waals surface area contributed by atoms with Crippen molar-refractivity contribution in [2.24, 2.45) is 15.9 Å². The van der Waals surface area contributed by atoms with E-state index in [1.165, 1.54) is 12.7 Å². The highest BCUT2D eigenvalue weighted by Gasteiger charge is 2.21. The van der Waals surface area contributed by atoms with Gasteiger partial charge in [-0.1, -0.05) is 30.3 Å². The number of nitrogens with zero attached hydrogens (tertiary/aromatic N) is 6. The van der Waals surface area contributed by atoms with Crippen LogP contribution in [0.3, 0.4) is 0 Å². The molecule has 2 aliphatic rings. The van der Waals surface area contributed by atoms with Crippen LogP contribution in [0.1, 0.15) is 31.2 Å². The van der Waals surface area contributed by atoms with E-state index in [1.54, 1.807) is 6.21 Å². The zero-order chi connectivity index (χ0) is 30.1. The molecule has 0 spiro atoms. The van der Waals surface area contributed by atoms with Crippen LogP contribution in [-0.4, -0.2) is 112 Å². The van der Waals surface area contributed by atoms with Crippen molar-refractivity contribution in [3.05, 3.63) is 42.0 Å². The molecule has 0 atom stereocenters. The Balaban J connectivity index is 1.28. The fourth-order valence-corrected chi connectivity index (χ4v) is 4.91. The lowest BCUT2D eigenvalue weighted by Gasteiger charge is -2.33. The summed E-state index contributed by atoms with van der Waals surface area (Å²) < 4.78 is 15.6. The predicted molar refractivity (Wildman–Crippen MR) is 169 cm³/mol. The van der Waals surface area contributed by atoms with Gasteiger partial charge in [-0.3, -0.25) is 14.7 Å². The van der Waals surface area contributed by atoms with Crippen molar-refractivity contribution in [2.45, 2.75) is 38.3 Å². The third-order valence-corrected chi connectivity index (χ3v) is 7.32. The average molecular weight is 596 g/mol. The minimum absolute atomic E-state index is 0.246. The number of ether oxygens (including phenoxy) is 3. The molecule has 1 aromatic carbocycles. The van der Waals surface area contributed by atoms with Crippen LogP contribution in [0, 0.1) is 0 Å². The second-order valence-corrected chi connectivity index (χ2v) is 10.5. The topological polar surface area (TPSA) is 152 Å². The SMILES string of the molecule is COC(=O)CCOCCCN=CC(CNc1nc(NC2CCN(Cc3ccccc3)CC2)cc(N2CCOCC2)n1)=NN. The fourth-order valence-electron chi connectivity index (χ4n) is 4.91. The van der Waals surface area contributed by atoms with Gasteiger partial charge in [-0.2, -0.15) is 15.1 Å². The van der Waals surface area contributed by atoms with E-state index in [-0.39, 0.29) is 12.4 Å². The first-order valence-corrected chi connectivity index (χ1v) is 15.0. The van der Waals surface area contributed by atoms with E-state index in [0.717, 1.165) is 57.2 Å². The molecule has 0 unspecified atom stereocenters. The summed E-state index contributed by atoms with van der Waals surface area (Å²) in [6, 6.07) is 13.0. The summed E-state index contributed by atoms with van der Waals surface area (Å²) in [6.07, 6.45) is 4.70. The summed E-state index contributed by atoms with van der Waals surface area (Å²) in [7, 11) is 1.36. The molecule has 0 aliphatic carbocycles. The number of piperidine rings is 1. The summed E-state index contributed by atoms with van der Waals surface area (Å²) in [6.45, 7) is 7.69. The van der Waals surface area contributed by atoms with Gasteiger partial charge in [0.05, 0.1) is 45.6 Å². The van der Waals surface area contributed by atoms with E-state index in [1.807, 2.05) is 6.07 Å². The van der Waals surface area contributed by atoms with Crippen molar-refractivity contribution in [3.8, 4) is 0 Å². The standard InChI is InChI=1S/C30H45N9O4/c1-41-29(40)10-17-42-16-5-11-32-21-26(37-31)22-33-30-35-27(20-28(36-30)39-14-18-43-19-15-39)34-25-8-12-38(13-9-25)23-24-6-3-2-4-7-24/h2-4,6-7,20-21,25H,5,8-19,22-23,31H2,1H3,(H2,33,34,35,36). The molecule has 0 amide bonds. The predicted octanol–water partition coefficient (Wildman–Crippen LogP) is 2.16. The maximum Gasteiger partial charge on any atom is 0.307 e. The number of methoxy groups -OCH3 is 1. The van der Waals surface area contributed by atoms with Gasteiger partial charge >= 0.3 is 5.97 Å². The van der Waals surface area contributed by atoms with Crippen molar-refractivity contribution in [1.29, 1.82) is 0 Å². The second-order valence-electron chi connectivity index (χ2n) is 10.5. The number of hydrogen-bond donors (Lipinski definition) is 3. The van der Waals surface area contributed by atoms with Crippen molar-refractivity contribution in [1.82, 2.24) is 14.9 Å². The normalized spacial score (nSPS) is 16.9. The molecule has 3 heterocycles. The molecule has 2 aliphatic heterocycles. The first-order chi connectivity index (χ1) is 21.1. The third-order valence-electron chi connectivity index (χ3n) is 7.32. The Morgan fingerprint density at radius 3 is 2.67 bits per heavy atom. The number of benzene rings is 1. The third kappa shape index (κ3) is 11.4. The minimum Gasteiger partial charge on any atom is -0.469 e. The summed E-state index contributed by atoms with van der Waals surface area (Å²) in [5, 5.41) is 10.8. The Hall–Kier alpha value is -3.81. The summed E-state index contributed by atoms with van der Waals surface area (Å²) in [5.74, 6) is 7.51. The number of hydrogen-bond acceptors (Lipinski definition) is 13. The number of rotatable bonds is 16. The summed E-state index contributed by atoms with van der Waals surface area (Å²) >= 11 is 0. The monoisotopic (exact) mass is 595 g/mol. The molecule has 13 heteroatoms. The van der Waals surface area contributed by atoms with Crippen LogP contribution in [-0.2, 0) is 25.5 Å². The highest BCUT2D eigenvalue weighted by atomic mass is 16.5. The van der Waals surface area contributed by atoms with Crippen molar-refractivity contribution in [2.75, 3.05) is 88.3 Å². The molecule has 2 saturated heterocycles. The van der Waals surface area contributed by atoms with Gasteiger partial charge in [0.15, 0.2) is 0 Å². The number of esters is 1. The van der Waals surface area contributed by atoms with Crippen molar-refractivity contribution in [3.63, 3.8) is 0 Å². The first-order valence-electron chi connectivity index (χ1n) is 15.0. The second kappa shape index (κ2) is 18.0. The van der Waals surface area contributed by atoms with Gasteiger partial charge in [0.2, 0.25) is 5.95 Å². The van der Waals surface area contributed by atoms with Crippen molar-refractivity contribution < 1.29 is 19.0 Å². The molecule has 13 nitrogen and oxygen atoms in total. The van der Waals surface area contributed by atoms with E-state index < -0.39 is 0 Å². The molecule has 2 fully saturated rings. The molecule has 4 N–H and O–H groups in total. The number of aromatic nitrogens is 2. The lowest BCUT2D eigenvalue weighted by molar-refractivity contribution is -0.141. The number of anilines is 3. The molecule has 0 bridgehead atoms. The molecular formula is C30H45N9O4. The van der Waals surface area contributed by atoms with Gasteiger partial charge in [-0.15, -0.1) is 0 Å². The number of nitrogens with one attached hydrogen (secondary N) is 2. The molecular weight excluding hydrogens is 550 g/mol. The van der Waals surface area contributed by atoms with E-state index in [4.69, 9.17) is 25.3 Å². The van der Waals surface area contributed by atoms with E-state index in [9.17, 15) is 4.79 Å². The van der Waals surface area contributed by atoms with Gasteiger partial charge in [-0.25, -0.2) is 0 Å². The van der Waals surface area contributed by atoms with Crippen LogP contribution in [0.2, 0.25) is 0 Å². The Bertz CT molecular complexity index is 1170. The van der Waals surface area contributed by atoms with Gasteiger partial charge in [-0.05, 0) is 24.8 Å². The highest BCUT2D eigenvalue weighted by Crippen LogP contribution is 2.23. The van der Waals surface area contributed by atoms with Crippen molar-refractivity contribution >= 4 is 35.5 Å². The van der Waals surface area contributed by atoms with Crippen LogP contribution < -0.4 is 21.4 Å². The van der Waals surface area contributed by atoms with E-state index in [2.05, 4.69) is 65.6 Å². The number of likely N-dealkylation sites (tertiary alicyclic amines) is 1. The molecule has 43 heavy (non-hydrogen) atoms. The first kappa shape index (κ1) is 32.1. The maximum atomic E-state index is 11.1. The zero-order valence-electron chi connectivity index (χ0n) is 25.1. The Labute approximate surface area is 253 Å². The molecule has 234 valence electrons. The molecule has 0 saturated carbocycles. The Morgan fingerprint density at radius 1 is 1.14 bits per heavy atom. The average Bonchev–Trinajstić information content (AvgIpc) is 3.05. The number of carbonyl (C=O) groups excluding carboxylic acids is 1. The maximum absolute atomic E-state index is 11.1. The fraction of sp³-hybridized carbons (Fsp3) is 0.567. The van der Waals surface area contributed by atoms with Gasteiger partial charge in [0.25, 0.3) is 0 Å². The van der Waals surface area contributed by atoms with Gasteiger partial charge < -0.3 is 35.6 Å². The molecule has 4 rings (SSSR count). The number of carbonyl (C=O) groups is 1. The number of aliphatic imine (C=N–C) groups is 1. The van der Waals surface area contributed by atoms with Gasteiger partial charge in [0, 0.05) is 64.2 Å². The number of morpholine rings is 1. The molecule has 0 radical (unpaired) electrons. The largest absolute Gasteiger partial charge is 0.469 e. The molecule has 2 aromatic rings. The Morgan fingerprint density at radius 2 is 1.93 bits per heavy atom. The van der Waals surface area contributed by atoms with Gasteiger partial charge in [0.1, 0.15) is 11.6 Å². The van der Waals surface area contributed by atoms with Crippen LogP contribution >= 0.6 is 0 Å². The summed E-state index contributed by atoms with van der Waals surface area (Å²) in [4.78, 5) is 29.8. The zero-order valence-corrected chi connectivity index (χ0v) is 25.1. The smallest absolute Gasteiger partial charge is 0.307 e. The van der Waals surface area contributed by atoms with Crippen LogP contribution in [0.5, 0.6) is 0 Å². The number of hydrazone groups is 1. The van der Waals surface area contributed by atoms with Crippen LogP contribution in [0.25, 0.3) is 0 Å². The van der Waals surface area contributed by atoms with E-state index >= 15 is 0 Å². The highest BCUT2D eigenvalue weighted by molar-refractivity contribution is 6.32. The van der Waals surface area contributed by atoms with Crippen LogP contribution in [0.4, 0.5) is 17.6 Å².